The molecule has 138 valence electrons. The maximum Gasteiger partial charge on any atom is 0.231 e. The van der Waals surface area contributed by atoms with Gasteiger partial charge in [-0.25, -0.2) is 0 Å². The van der Waals surface area contributed by atoms with E-state index in [2.05, 4.69) is 36.4 Å². The van der Waals surface area contributed by atoms with Crippen molar-refractivity contribution in [1.29, 1.82) is 0 Å². The molecule has 1 aliphatic rings. The highest BCUT2D eigenvalue weighted by Crippen LogP contribution is 2.31. The molecule has 1 aliphatic heterocycles. The van der Waals surface area contributed by atoms with E-state index >= 15 is 0 Å². The zero-order valence-corrected chi connectivity index (χ0v) is 15.6. The Bertz CT molecular complexity index is 756. The molecule has 0 saturated carbocycles. The van der Waals surface area contributed by atoms with Crippen LogP contribution in [0.3, 0.4) is 0 Å². The number of rotatable bonds is 6. The molecule has 5 nitrogen and oxygen atoms in total. The minimum Gasteiger partial charge on any atom is -0.497 e. The average Bonchev–Trinajstić information content (AvgIpc) is 2.66. The largest absolute Gasteiger partial charge is 0.497 e. The number of hydrogen-bond acceptors (Lipinski definition) is 4. The molecule has 1 N–H and O–H groups in total. The fraction of sp³-hybridized carbons (Fsp3) is 0.381. The Hall–Kier alpha value is -2.53. The molecular weight excluding hydrogens is 328 g/mol. The van der Waals surface area contributed by atoms with Crippen LogP contribution in [0, 0.1) is 5.92 Å². The van der Waals surface area contributed by atoms with Gasteiger partial charge in [0.2, 0.25) is 5.91 Å². The lowest BCUT2D eigenvalue weighted by atomic mass is 9.95. The van der Waals surface area contributed by atoms with Crippen LogP contribution in [-0.2, 0) is 17.6 Å². The monoisotopic (exact) mass is 354 g/mol. The molecule has 0 aliphatic carbocycles. The maximum atomic E-state index is 12.6. The second-order valence-electron chi connectivity index (χ2n) is 6.93. The topological polar surface area (TPSA) is 50.8 Å². The van der Waals surface area contributed by atoms with Crippen molar-refractivity contribution in [3.63, 3.8) is 0 Å². The predicted octanol–water partition coefficient (Wildman–Crippen LogP) is 2.99. The van der Waals surface area contributed by atoms with E-state index in [0.717, 1.165) is 35.7 Å². The van der Waals surface area contributed by atoms with Gasteiger partial charge in [0.15, 0.2) is 0 Å². The molecule has 0 spiro atoms. The number of carbonyl (C=O) groups excluding carboxylic acids is 1. The van der Waals surface area contributed by atoms with Gasteiger partial charge >= 0.3 is 0 Å². The lowest BCUT2D eigenvalue weighted by Crippen LogP contribution is -2.32. The van der Waals surface area contributed by atoms with Crippen LogP contribution in [0.4, 0.5) is 5.69 Å². The number of ether oxygens (including phenoxy) is 2. The lowest BCUT2D eigenvalue weighted by Gasteiger charge is -2.25. The molecule has 0 aromatic heterocycles. The van der Waals surface area contributed by atoms with Gasteiger partial charge in [-0.05, 0) is 68.4 Å². The van der Waals surface area contributed by atoms with Crippen LogP contribution in [-0.4, -0.2) is 45.2 Å². The third-order valence-electron chi connectivity index (χ3n) is 4.61. The summed E-state index contributed by atoms with van der Waals surface area (Å²) >= 11 is 0. The van der Waals surface area contributed by atoms with Crippen molar-refractivity contribution in [2.24, 2.45) is 5.92 Å². The third kappa shape index (κ3) is 4.55. The van der Waals surface area contributed by atoms with E-state index in [9.17, 15) is 4.79 Å². The normalized spacial score (nSPS) is 15.9. The number of amides is 1. The second-order valence-corrected chi connectivity index (χ2v) is 6.93. The molecule has 2 aromatic rings. The Labute approximate surface area is 154 Å². The summed E-state index contributed by atoms with van der Waals surface area (Å²) in [5.41, 5.74) is 3.09. The summed E-state index contributed by atoms with van der Waals surface area (Å²) in [5.74, 6) is 1.39. The van der Waals surface area contributed by atoms with Gasteiger partial charge in [0, 0.05) is 12.2 Å². The SMILES string of the molecule is COc1ccc2c(c1)CC(C(=O)Nc1ccc(CCN(C)C)cc1)CO2. The molecule has 2 aromatic carbocycles. The summed E-state index contributed by atoms with van der Waals surface area (Å²) in [4.78, 5) is 14.8. The number of anilines is 1. The molecule has 5 heteroatoms. The zero-order chi connectivity index (χ0) is 18.5. The van der Waals surface area contributed by atoms with Crippen LogP contribution in [0.5, 0.6) is 11.5 Å². The fourth-order valence-electron chi connectivity index (χ4n) is 3.02. The van der Waals surface area contributed by atoms with Gasteiger partial charge in [-0.3, -0.25) is 4.79 Å². The summed E-state index contributed by atoms with van der Waals surface area (Å²) in [7, 11) is 5.76. The van der Waals surface area contributed by atoms with E-state index in [4.69, 9.17) is 9.47 Å². The molecule has 1 unspecified atom stereocenters. The van der Waals surface area contributed by atoms with E-state index in [1.54, 1.807) is 7.11 Å². The molecule has 3 rings (SSSR count). The second kappa shape index (κ2) is 8.23. The van der Waals surface area contributed by atoms with Crippen molar-refractivity contribution in [3.8, 4) is 11.5 Å². The molecule has 0 radical (unpaired) electrons. The maximum absolute atomic E-state index is 12.6. The fourth-order valence-corrected chi connectivity index (χ4v) is 3.02. The van der Waals surface area contributed by atoms with Crippen molar-refractivity contribution in [2.75, 3.05) is 39.7 Å². The number of nitrogens with one attached hydrogen (secondary N) is 1. The minimum absolute atomic E-state index is 0.0143. The lowest BCUT2D eigenvalue weighted by molar-refractivity contribution is -0.121. The minimum atomic E-state index is -0.206. The first kappa shape index (κ1) is 18.3. The first-order valence-corrected chi connectivity index (χ1v) is 8.89. The van der Waals surface area contributed by atoms with Crippen LogP contribution < -0.4 is 14.8 Å². The number of nitrogens with zero attached hydrogens (tertiary/aromatic N) is 1. The van der Waals surface area contributed by atoms with Crippen LogP contribution >= 0.6 is 0 Å². The first-order valence-electron chi connectivity index (χ1n) is 8.89. The van der Waals surface area contributed by atoms with Gasteiger partial charge in [-0.1, -0.05) is 12.1 Å². The Kier molecular flexibility index (Phi) is 5.78. The van der Waals surface area contributed by atoms with Gasteiger partial charge in [-0.15, -0.1) is 0 Å². The Morgan fingerprint density at radius 2 is 2.00 bits per heavy atom. The van der Waals surface area contributed by atoms with Crippen molar-refractivity contribution in [2.45, 2.75) is 12.8 Å². The number of fused-ring (bicyclic) bond motifs is 1. The zero-order valence-electron chi connectivity index (χ0n) is 15.6. The average molecular weight is 354 g/mol. The third-order valence-corrected chi connectivity index (χ3v) is 4.61. The molecule has 1 heterocycles. The summed E-state index contributed by atoms with van der Waals surface area (Å²) in [5, 5.41) is 3.00. The molecular formula is C21H26N2O3. The predicted molar refractivity (Wildman–Crippen MR) is 103 cm³/mol. The van der Waals surface area contributed by atoms with Crippen LogP contribution in [0.2, 0.25) is 0 Å². The van der Waals surface area contributed by atoms with E-state index in [1.807, 2.05) is 30.3 Å². The molecule has 0 bridgehead atoms. The molecule has 1 amide bonds. The first-order chi connectivity index (χ1) is 12.5. The number of likely N-dealkylation sites (N-methyl/N-ethyl adjacent to an activating group) is 1. The van der Waals surface area contributed by atoms with Gasteiger partial charge in [0.05, 0.1) is 13.0 Å². The number of benzene rings is 2. The Balaban J connectivity index is 1.59. The van der Waals surface area contributed by atoms with Gasteiger partial charge in [0.25, 0.3) is 0 Å². The smallest absolute Gasteiger partial charge is 0.231 e. The highest BCUT2D eigenvalue weighted by molar-refractivity contribution is 5.93. The molecule has 0 saturated heterocycles. The van der Waals surface area contributed by atoms with E-state index < -0.39 is 0 Å². The summed E-state index contributed by atoms with van der Waals surface area (Å²) in [6, 6.07) is 13.8. The van der Waals surface area contributed by atoms with E-state index in [-0.39, 0.29) is 11.8 Å². The highest BCUT2D eigenvalue weighted by atomic mass is 16.5. The van der Waals surface area contributed by atoms with Crippen LogP contribution in [0.15, 0.2) is 42.5 Å². The number of carbonyl (C=O) groups is 1. The summed E-state index contributed by atoms with van der Waals surface area (Å²) < 4.78 is 11.0. The summed E-state index contributed by atoms with van der Waals surface area (Å²) in [6.07, 6.45) is 1.65. The van der Waals surface area contributed by atoms with Crippen molar-refractivity contribution in [3.05, 3.63) is 53.6 Å². The standard InChI is InChI=1S/C21H26N2O3/c1-23(2)11-10-15-4-6-18(7-5-15)22-21(24)17-12-16-13-19(25-3)8-9-20(16)26-14-17/h4-9,13,17H,10-12,14H2,1-3H3,(H,22,24). The number of hydrogen-bond donors (Lipinski definition) is 1. The highest BCUT2D eigenvalue weighted by Gasteiger charge is 2.26. The van der Waals surface area contributed by atoms with Crippen molar-refractivity contribution in [1.82, 2.24) is 4.90 Å². The summed E-state index contributed by atoms with van der Waals surface area (Å²) in [6.45, 7) is 1.40. The quantitative estimate of drug-likeness (QED) is 0.866. The van der Waals surface area contributed by atoms with Crippen LogP contribution in [0.25, 0.3) is 0 Å². The van der Waals surface area contributed by atoms with Crippen molar-refractivity contribution < 1.29 is 14.3 Å². The van der Waals surface area contributed by atoms with Crippen LogP contribution in [0.1, 0.15) is 11.1 Å². The van der Waals surface area contributed by atoms with Gasteiger partial charge in [0.1, 0.15) is 18.1 Å². The van der Waals surface area contributed by atoms with E-state index in [0.29, 0.717) is 13.0 Å². The van der Waals surface area contributed by atoms with Gasteiger partial charge < -0.3 is 19.7 Å². The molecule has 26 heavy (non-hydrogen) atoms. The Morgan fingerprint density at radius 1 is 1.23 bits per heavy atom. The molecule has 0 fully saturated rings. The van der Waals surface area contributed by atoms with Crippen molar-refractivity contribution >= 4 is 11.6 Å². The van der Waals surface area contributed by atoms with Gasteiger partial charge in [-0.2, -0.15) is 0 Å². The van der Waals surface area contributed by atoms with E-state index in [1.165, 1.54) is 5.56 Å². The Morgan fingerprint density at radius 3 is 2.69 bits per heavy atom. The molecule has 1 atom stereocenters. The number of methoxy groups -OCH3 is 1.